The molecule has 0 saturated heterocycles. The molecule has 72 valence electrons. The Balaban J connectivity index is 3.58. The van der Waals surface area contributed by atoms with Crippen LogP contribution in [-0.2, 0) is 0 Å². The van der Waals surface area contributed by atoms with Gasteiger partial charge in [-0.3, -0.25) is 0 Å². The van der Waals surface area contributed by atoms with Crippen molar-refractivity contribution in [3.05, 3.63) is 0 Å². The average Bonchev–Trinajstić information content (AvgIpc) is 1.84. The number of rotatable bonds is 4. The van der Waals surface area contributed by atoms with E-state index in [0.717, 1.165) is 0 Å². The summed E-state index contributed by atoms with van der Waals surface area (Å²) in [6, 6.07) is 0. The Morgan fingerprint density at radius 1 is 1.50 bits per heavy atom. The van der Waals surface area contributed by atoms with Gasteiger partial charge in [0, 0.05) is 0 Å². The molecule has 0 aromatic carbocycles. The van der Waals surface area contributed by atoms with Crippen LogP contribution >= 0.6 is 12.2 Å². The first-order valence-corrected chi connectivity index (χ1v) is 4.10. The van der Waals surface area contributed by atoms with E-state index < -0.39 is 12.1 Å². The van der Waals surface area contributed by atoms with Gasteiger partial charge in [-0.1, -0.05) is 19.1 Å². The summed E-state index contributed by atoms with van der Waals surface area (Å²) in [4.78, 5) is 0.282. The lowest BCUT2D eigenvalue weighted by molar-refractivity contribution is -0.171. The third-order valence-electron chi connectivity index (χ3n) is 1.62. The molecule has 0 aliphatic rings. The van der Waals surface area contributed by atoms with Crippen LogP contribution in [0.1, 0.15) is 26.2 Å². The molecule has 2 N–H and O–H groups in total. The van der Waals surface area contributed by atoms with Gasteiger partial charge in [0.2, 0.25) is 0 Å². The zero-order valence-corrected chi connectivity index (χ0v) is 7.63. The van der Waals surface area contributed by atoms with Crippen molar-refractivity contribution in [3.8, 4) is 0 Å². The topological polar surface area (TPSA) is 26.0 Å². The van der Waals surface area contributed by atoms with Crippen LogP contribution in [0.5, 0.6) is 0 Å². The molecular weight excluding hydrogens is 187 g/mol. The smallest absolute Gasteiger partial charge is 0.391 e. The second kappa shape index (κ2) is 4.64. The van der Waals surface area contributed by atoms with E-state index >= 15 is 0 Å². The predicted molar refractivity (Wildman–Crippen MR) is 45.9 cm³/mol. The second-order valence-electron chi connectivity index (χ2n) is 2.80. The van der Waals surface area contributed by atoms with Gasteiger partial charge in [-0.05, 0) is 19.3 Å². The molecule has 0 fully saturated rings. The minimum Gasteiger partial charge on any atom is -0.393 e. The van der Waals surface area contributed by atoms with Crippen molar-refractivity contribution in [3.63, 3.8) is 0 Å². The summed E-state index contributed by atoms with van der Waals surface area (Å²) >= 11 is 4.54. The Morgan fingerprint density at radius 2 is 2.00 bits per heavy atom. The number of thiocarbonyl (C=S) groups is 1. The fourth-order valence-electron chi connectivity index (χ4n) is 0.746. The maximum atomic E-state index is 11.9. The van der Waals surface area contributed by atoms with Crippen LogP contribution in [0.3, 0.4) is 0 Å². The monoisotopic (exact) mass is 199 g/mol. The highest BCUT2D eigenvalue weighted by molar-refractivity contribution is 7.80. The molecule has 0 aromatic heterocycles. The van der Waals surface area contributed by atoms with Gasteiger partial charge < -0.3 is 5.73 Å². The third kappa shape index (κ3) is 5.35. The predicted octanol–water partition coefficient (Wildman–Crippen LogP) is 2.64. The SMILES string of the molecule is C[C@@H](CCCC(N)=S)C(F)(F)F. The number of halogens is 3. The molecule has 0 unspecified atom stereocenters. The van der Waals surface area contributed by atoms with Gasteiger partial charge in [0.15, 0.2) is 0 Å². The van der Waals surface area contributed by atoms with Crippen molar-refractivity contribution in [1.82, 2.24) is 0 Å². The lowest BCUT2D eigenvalue weighted by atomic mass is 10.0. The summed E-state index contributed by atoms with van der Waals surface area (Å²) in [6.45, 7) is 1.17. The van der Waals surface area contributed by atoms with Crippen LogP contribution in [0.25, 0.3) is 0 Å². The van der Waals surface area contributed by atoms with E-state index in [4.69, 9.17) is 5.73 Å². The molecular formula is C7H12F3NS. The van der Waals surface area contributed by atoms with Gasteiger partial charge in [0.05, 0.1) is 10.9 Å². The van der Waals surface area contributed by atoms with Crippen molar-refractivity contribution < 1.29 is 13.2 Å². The zero-order valence-electron chi connectivity index (χ0n) is 6.82. The van der Waals surface area contributed by atoms with Gasteiger partial charge in [-0.15, -0.1) is 0 Å². The van der Waals surface area contributed by atoms with Crippen LogP contribution in [0.2, 0.25) is 0 Å². The lowest BCUT2D eigenvalue weighted by Crippen LogP contribution is -2.20. The van der Waals surface area contributed by atoms with Crippen molar-refractivity contribution in [2.45, 2.75) is 32.4 Å². The molecule has 5 heteroatoms. The standard InChI is InChI=1S/C7H12F3NS/c1-5(7(8,9)10)3-2-4-6(11)12/h5H,2-4H2,1H3,(H2,11,12)/t5-/m0/s1. The molecule has 12 heavy (non-hydrogen) atoms. The van der Waals surface area contributed by atoms with E-state index in [-0.39, 0.29) is 11.4 Å². The number of alkyl halides is 3. The quantitative estimate of drug-likeness (QED) is 0.704. The molecule has 0 spiro atoms. The zero-order chi connectivity index (χ0) is 9.78. The normalized spacial score (nSPS) is 14.3. The number of hydrogen-bond donors (Lipinski definition) is 1. The van der Waals surface area contributed by atoms with Crippen LogP contribution in [-0.4, -0.2) is 11.2 Å². The highest BCUT2D eigenvalue weighted by Gasteiger charge is 2.34. The van der Waals surface area contributed by atoms with Crippen molar-refractivity contribution in [1.29, 1.82) is 0 Å². The van der Waals surface area contributed by atoms with Crippen molar-refractivity contribution in [2.75, 3.05) is 0 Å². The van der Waals surface area contributed by atoms with E-state index in [9.17, 15) is 13.2 Å². The van der Waals surface area contributed by atoms with Crippen molar-refractivity contribution in [2.24, 2.45) is 11.7 Å². The molecule has 0 amide bonds. The fraction of sp³-hybridized carbons (Fsp3) is 0.857. The van der Waals surface area contributed by atoms with Crippen LogP contribution in [0.15, 0.2) is 0 Å². The fourth-order valence-corrected chi connectivity index (χ4v) is 0.890. The Labute approximate surface area is 75.1 Å². The number of hydrogen-bond acceptors (Lipinski definition) is 1. The Bertz CT molecular complexity index is 155. The molecule has 0 aromatic rings. The molecule has 0 aliphatic carbocycles. The highest BCUT2D eigenvalue weighted by Crippen LogP contribution is 2.29. The average molecular weight is 199 g/mol. The van der Waals surface area contributed by atoms with E-state index in [2.05, 4.69) is 12.2 Å². The van der Waals surface area contributed by atoms with Gasteiger partial charge in [-0.25, -0.2) is 0 Å². The molecule has 0 aliphatic heterocycles. The van der Waals surface area contributed by atoms with Crippen molar-refractivity contribution >= 4 is 17.2 Å². The van der Waals surface area contributed by atoms with Gasteiger partial charge >= 0.3 is 6.18 Å². The van der Waals surface area contributed by atoms with E-state index in [1.165, 1.54) is 6.92 Å². The Kier molecular flexibility index (Phi) is 4.52. The summed E-state index contributed by atoms with van der Waals surface area (Å²) in [5.74, 6) is -1.26. The van der Waals surface area contributed by atoms with E-state index in [0.29, 0.717) is 12.8 Å². The van der Waals surface area contributed by atoms with Crippen LogP contribution in [0, 0.1) is 5.92 Å². The molecule has 1 atom stereocenters. The molecule has 0 radical (unpaired) electrons. The van der Waals surface area contributed by atoms with Gasteiger partial charge in [-0.2, -0.15) is 13.2 Å². The summed E-state index contributed by atoms with van der Waals surface area (Å²) in [6.07, 6.45) is -3.18. The Morgan fingerprint density at radius 3 is 2.33 bits per heavy atom. The minimum absolute atomic E-state index is 0.0981. The van der Waals surface area contributed by atoms with Gasteiger partial charge in [0.1, 0.15) is 0 Å². The summed E-state index contributed by atoms with van der Waals surface area (Å²) < 4.78 is 35.7. The summed E-state index contributed by atoms with van der Waals surface area (Å²) in [5, 5.41) is 0. The first-order valence-electron chi connectivity index (χ1n) is 3.69. The second-order valence-corrected chi connectivity index (χ2v) is 3.33. The third-order valence-corrected chi connectivity index (χ3v) is 1.82. The van der Waals surface area contributed by atoms with Crippen LogP contribution < -0.4 is 5.73 Å². The minimum atomic E-state index is -4.09. The summed E-state index contributed by atoms with van der Waals surface area (Å²) in [5.41, 5.74) is 5.14. The molecule has 1 nitrogen and oxygen atoms in total. The lowest BCUT2D eigenvalue weighted by Gasteiger charge is -2.14. The Hall–Kier alpha value is -0.320. The molecule has 0 rings (SSSR count). The van der Waals surface area contributed by atoms with E-state index in [1.54, 1.807) is 0 Å². The highest BCUT2D eigenvalue weighted by atomic mass is 32.1. The first-order chi connectivity index (χ1) is 5.34. The maximum Gasteiger partial charge on any atom is 0.391 e. The summed E-state index contributed by atoms with van der Waals surface area (Å²) in [7, 11) is 0. The van der Waals surface area contributed by atoms with Gasteiger partial charge in [0.25, 0.3) is 0 Å². The van der Waals surface area contributed by atoms with E-state index in [1.807, 2.05) is 0 Å². The number of nitrogens with two attached hydrogens (primary N) is 1. The largest absolute Gasteiger partial charge is 0.393 e. The molecule has 0 heterocycles. The van der Waals surface area contributed by atoms with Crippen LogP contribution in [0.4, 0.5) is 13.2 Å². The maximum absolute atomic E-state index is 11.9. The first kappa shape index (κ1) is 11.7. The molecule has 0 saturated carbocycles. The molecule has 0 bridgehead atoms.